The fourth-order valence-corrected chi connectivity index (χ4v) is 3.25. The lowest BCUT2D eigenvalue weighted by molar-refractivity contribution is 0.334. The van der Waals surface area contributed by atoms with E-state index < -0.39 is 0 Å². The van der Waals surface area contributed by atoms with E-state index in [4.69, 9.17) is 11.6 Å². The third-order valence-electron chi connectivity index (χ3n) is 4.06. The summed E-state index contributed by atoms with van der Waals surface area (Å²) in [7, 11) is 0. The van der Waals surface area contributed by atoms with Gasteiger partial charge in [0, 0.05) is 22.8 Å². The molecule has 3 rings (SSSR count). The van der Waals surface area contributed by atoms with Gasteiger partial charge in [0.05, 0.1) is 18.2 Å². The lowest BCUT2D eigenvalue weighted by atomic mass is 9.97. The van der Waals surface area contributed by atoms with E-state index in [-0.39, 0.29) is 0 Å². The van der Waals surface area contributed by atoms with Gasteiger partial charge in [-0.15, -0.1) is 0 Å². The van der Waals surface area contributed by atoms with Crippen LogP contribution in [0.2, 0.25) is 5.02 Å². The summed E-state index contributed by atoms with van der Waals surface area (Å²) in [6, 6.07) is 6.96. The highest BCUT2D eigenvalue weighted by molar-refractivity contribution is 6.30. The van der Waals surface area contributed by atoms with Gasteiger partial charge < -0.3 is 9.88 Å². The molecule has 1 aromatic carbocycles. The van der Waals surface area contributed by atoms with Gasteiger partial charge in [-0.2, -0.15) is 0 Å². The average Bonchev–Trinajstić information content (AvgIpc) is 2.87. The number of hydrogen-bond donors (Lipinski definition) is 1. The molecule has 2 aromatic rings. The number of benzene rings is 1. The lowest BCUT2D eigenvalue weighted by Gasteiger charge is -2.29. The molecule has 4 heteroatoms. The van der Waals surface area contributed by atoms with Gasteiger partial charge in [0.15, 0.2) is 0 Å². The monoisotopic (exact) mass is 289 g/mol. The van der Waals surface area contributed by atoms with Crippen LogP contribution in [0.3, 0.4) is 0 Å². The molecule has 106 valence electrons. The molecule has 2 heterocycles. The summed E-state index contributed by atoms with van der Waals surface area (Å²) in [6.45, 7) is 4.34. The average molecular weight is 290 g/mol. The zero-order valence-corrected chi connectivity index (χ0v) is 12.7. The molecule has 1 aliphatic rings. The minimum absolute atomic E-state index is 0.385. The second-order valence-corrected chi connectivity index (χ2v) is 6.11. The molecule has 1 aliphatic heterocycles. The van der Waals surface area contributed by atoms with E-state index in [9.17, 15) is 0 Å². The van der Waals surface area contributed by atoms with Crippen LogP contribution in [0.1, 0.15) is 43.5 Å². The molecular weight excluding hydrogens is 270 g/mol. The summed E-state index contributed by atoms with van der Waals surface area (Å²) in [5, 5.41) is 4.45. The van der Waals surface area contributed by atoms with Gasteiger partial charge in [0.25, 0.3) is 0 Å². The van der Waals surface area contributed by atoms with Crippen molar-refractivity contribution < 1.29 is 0 Å². The van der Waals surface area contributed by atoms with E-state index in [1.54, 1.807) is 0 Å². The Kier molecular flexibility index (Phi) is 3.81. The molecule has 1 fully saturated rings. The molecule has 3 nitrogen and oxygen atoms in total. The molecule has 0 bridgehead atoms. The summed E-state index contributed by atoms with van der Waals surface area (Å²) in [5.74, 6) is 0. The normalized spacial score (nSPS) is 22.9. The molecule has 0 amide bonds. The Hall–Kier alpha value is -1.32. The van der Waals surface area contributed by atoms with E-state index in [2.05, 4.69) is 34.8 Å². The fraction of sp³-hybridized carbons (Fsp3) is 0.438. The zero-order valence-electron chi connectivity index (χ0n) is 11.9. The molecule has 20 heavy (non-hydrogen) atoms. The van der Waals surface area contributed by atoms with Gasteiger partial charge in [-0.3, -0.25) is 0 Å². The first-order valence-electron chi connectivity index (χ1n) is 7.20. The van der Waals surface area contributed by atoms with Crippen LogP contribution in [-0.4, -0.2) is 15.6 Å². The van der Waals surface area contributed by atoms with Crippen LogP contribution in [0, 0.1) is 6.92 Å². The van der Waals surface area contributed by atoms with Gasteiger partial charge in [-0.05, 0) is 56.9 Å². The van der Waals surface area contributed by atoms with Gasteiger partial charge in [-0.1, -0.05) is 11.6 Å². The minimum Gasteiger partial charge on any atom is -0.306 e. The molecule has 0 radical (unpaired) electrons. The maximum atomic E-state index is 6.05. The van der Waals surface area contributed by atoms with Crippen molar-refractivity contribution >= 4 is 11.6 Å². The number of nitrogens with zero attached hydrogens (tertiary/aromatic N) is 2. The summed E-state index contributed by atoms with van der Waals surface area (Å²) < 4.78 is 2.18. The quantitative estimate of drug-likeness (QED) is 0.904. The van der Waals surface area contributed by atoms with Crippen molar-refractivity contribution in [3.05, 3.63) is 47.0 Å². The standard InChI is InChI=1S/C16H20ClN3/c1-11-8-13(17)6-7-15(11)20-10-18-9-16(20)14-5-3-4-12(2)19-14/h6-10,12,14,19H,3-5H2,1-2H3. The van der Waals surface area contributed by atoms with Crippen molar-refractivity contribution in [2.75, 3.05) is 0 Å². The van der Waals surface area contributed by atoms with Crippen molar-refractivity contribution in [2.45, 2.75) is 45.2 Å². The van der Waals surface area contributed by atoms with Crippen molar-refractivity contribution in [3.8, 4) is 5.69 Å². The van der Waals surface area contributed by atoms with Gasteiger partial charge in [-0.25, -0.2) is 4.98 Å². The lowest BCUT2D eigenvalue weighted by Crippen LogP contribution is -2.35. The molecule has 1 N–H and O–H groups in total. The predicted molar refractivity (Wildman–Crippen MR) is 82.5 cm³/mol. The smallest absolute Gasteiger partial charge is 0.0994 e. The van der Waals surface area contributed by atoms with E-state index in [0.29, 0.717) is 12.1 Å². The number of aryl methyl sites for hydroxylation is 1. The Balaban J connectivity index is 1.97. The maximum Gasteiger partial charge on any atom is 0.0994 e. The van der Waals surface area contributed by atoms with Crippen LogP contribution in [0.5, 0.6) is 0 Å². The largest absolute Gasteiger partial charge is 0.306 e. The van der Waals surface area contributed by atoms with Gasteiger partial charge >= 0.3 is 0 Å². The molecule has 0 saturated carbocycles. The Labute approximate surface area is 125 Å². The molecule has 0 aliphatic carbocycles. The summed E-state index contributed by atoms with van der Waals surface area (Å²) in [4.78, 5) is 4.35. The Morgan fingerprint density at radius 3 is 2.95 bits per heavy atom. The number of nitrogens with one attached hydrogen (secondary N) is 1. The second-order valence-electron chi connectivity index (χ2n) is 5.67. The first kappa shape index (κ1) is 13.7. The van der Waals surface area contributed by atoms with Crippen LogP contribution in [0.15, 0.2) is 30.7 Å². The Bertz CT molecular complexity index is 606. The third kappa shape index (κ3) is 2.60. The zero-order chi connectivity index (χ0) is 14.1. The number of imidazole rings is 1. The fourth-order valence-electron chi connectivity index (χ4n) is 3.03. The van der Waals surface area contributed by atoms with Crippen molar-refractivity contribution in [2.24, 2.45) is 0 Å². The first-order chi connectivity index (χ1) is 9.65. The predicted octanol–water partition coefficient (Wildman–Crippen LogP) is 4.04. The minimum atomic E-state index is 0.385. The number of aromatic nitrogens is 2. The summed E-state index contributed by atoms with van der Waals surface area (Å²) >= 11 is 6.05. The Morgan fingerprint density at radius 1 is 1.35 bits per heavy atom. The molecule has 0 spiro atoms. The molecule has 1 aromatic heterocycles. The highest BCUT2D eigenvalue weighted by atomic mass is 35.5. The van der Waals surface area contributed by atoms with Crippen LogP contribution >= 0.6 is 11.6 Å². The van der Waals surface area contributed by atoms with Crippen molar-refractivity contribution in [1.29, 1.82) is 0 Å². The second kappa shape index (κ2) is 5.58. The molecule has 2 atom stereocenters. The summed E-state index contributed by atoms with van der Waals surface area (Å²) in [5.41, 5.74) is 3.56. The number of halogens is 1. The molecule has 2 unspecified atom stereocenters. The van der Waals surface area contributed by atoms with Crippen LogP contribution in [-0.2, 0) is 0 Å². The van der Waals surface area contributed by atoms with E-state index in [1.165, 1.54) is 30.5 Å². The Morgan fingerprint density at radius 2 is 2.20 bits per heavy atom. The van der Waals surface area contributed by atoms with Crippen LogP contribution in [0.4, 0.5) is 0 Å². The number of piperidine rings is 1. The van der Waals surface area contributed by atoms with Crippen LogP contribution in [0.25, 0.3) is 5.69 Å². The molecule has 1 saturated heterocycles. The van der Waals surface area contributed by atoms with Crippen molar-refractivity contribution in [3.63, 3.8) is 0 Å². The highest BCUT2D eigenvalue weighted by Crippen LogP contribution is 2.28. The van der Waals surface area contributed by atoms with Gasteiger partial charge in [0.1, 0.15) is 0 Å². The van der Waals surface area contributed by atoms with Crippen LogP contribution < -0.4 is 5.32 Å². The van der Waals surface area contributed by atoms with E-state index >= 15 is 0 Å². The van der Waals surface area contributed by atoms with E-state index in [1.807, 2.05) is 24.7 Å². The first-order valence-corrected chi connectivity index (χ1v) is 7.58. The number of rotatable bonds is 2. The molecular formula is C16H20ClN3. The topological polar surface area (TPSA) is 29.9 Å². The third-order valence-corrected chi connectivity index (χ3v) is 4.29. The van der Waals surface area contributed by atoms with Gasteiger partial charge in [0.2, 0.25) is 0 Å². The SMILES string of the molecule is Cc1cc(Cl)ccc1-n1cncc1C1CCCC(C)N1. The highest BCUT2D eigenvalue weighted by Gasteiger charge is 2.22. The maximum absolute atomic E-state index is 6.05. The van der Waals surface area contributed by atoms with Crippen molar-refractivity contribution in [1.82, 2.24) is 14.9 Å². The van der Waals surface area contributed by atoms with E-state index in [0.717, 1.165) is 10.7 Å². The number of hydrogen-bond acceptors (Lipinski definition) is 2. The summed E-state index contributed by atoms with van der Waals surface area (Å²) in [6.07, 6.45) is 7.56.